The van der Waals surface area contributed by atoms with Crippen molar-refractivity contribution in [3.05, 3.63) is 29.0 Å². The van der Waals surface area contributed by atoms with Crippen LogP contribution in [-0.2, 0) is 9.59 Å². The van der Waals surface area contributed by atoms with Crippen LogP contribution in [-0.4, -0.2) is 59.7 Å². The molecule has 2 amide bonds. The lowest BCUT2D eigenvalue weighted by molar-refractivity contribution is -0.152. The van der Waals surface area contributed by atoms with Crippen molar-refractivity contribution >= 4 is 23.4 Å². The van der Waals surface area contributed by atoms with Gasteiger partial charge in [-0.2, -0.15) is 0 Å². The summed E-state index contributed by atoms with van der Waals surface area (Å²) in [6, 6.07) is 3.98. The lowest BCUT2D eigenvalue weighted by Crippen LogP contribution is -2.84. The molecule has 2 atom stereocenters. The molecule has 3 N–H and O–H groups in total. The third-order valence-corrected chi connectivity index (χ3v) is 7.18. The number of nitrogens with zero attached hydrogens (tertiary/aromatic N) is 1. The number of nitrogens with one attached hydrogen (secondary N) is 3. The number of ether oxygens (including phenoxy) is 1. The van der Waals surface area contributed by atoms with Crippen LogP contribution in [0.1, 0.15) is 38.5 Å². The second-order valence-electron chi connectivity index (χ2n) is 9.17. The molecule has 9 heteroatoms. The zero-order valence-electron chi connectivity index (χ0n) is 16.7. The number of piperidine rings is 1. The molecule has 0 radical (unpaired) electrons. The summed E-state index contributed by atoms with van der Waals surface area (Å²) in [4.78, 5) is 27.4. The molecule has 30 heavy (non-hydrogen) atoms. The van der Waals surface area contributed by atoms with Crippen molar-refractivity contribution in [1.29, 1.82) is 0 Å². The van der Waals surface area contributed by atoms with E-state index in [0.29, 0.717) is 12.7 Å². The molecular weight excluding hydrogens is 411 g/mol. The molecule has 1 aromatic rings. The van der Waals surface area contributed by atoms with Gasteiger partial charge >= 0.3 is 0 Å². The summed E-state index contributed by atoms with van der Waals surface area (Å²) in [5.74, 6) is -0.477. The summed E-state index contributed by atoms with van der Waals surface area (Å²) >= 11 is 5.64. The maximum absolute atomic E-state index is 13.4. The van der Waals surface area contributed by atoms with Gasteiger partial charge in [0.15, 0.2) is 6.61 Å². The molecule has 3 aliphatic carbocycles. The van der Waals surface area contributed by atoms with Crippen LogP contribution >= 0.6 is 11.6 Å². The van der Waals surface area contributed by atoms with Gasteiger partial charge in [0, 0.05) is 30.2 Å². The smallest absolute Gasteiger partial charge is 0.258 e. The number of amides is 2. The Kier molecular flexibility index (Phi) is 4.91. The number of hydrogen-bond acceptors (Lipinski definition) is 5. The van der Waals surface area contributed by atoms with Crippen LogP contribution in [0.25, 0.3) is 0 Å². The molecule has 5 fully saturated rings. The highest BCUT2D eigenvalue weighted by atomic mass is 35.5. The van der Waals surface area contributed by atoms with Crippen molar-refractivity contribution in [3.63, 3.8) is 0 Å². The van der Waals surface area contributed by atoms with E-state index in [9.17, 15) is 14.0 Å². The van der Waals surface area contributed by atoms with Gasteiger partial charge in [-0.05, 0) is 50.7 Å². The van der Waals surface area contributed by atoms with Crippen LogP contribution in [0, 0.1) is 5.82 Å². The Labute approximate surface area is 179 Å². The van der Waals surface area contributed by atoms with E-state index in [4.69, 9.17) is 16.3 Å². The first-order chi connectivity index (χ1) is 14.4. The van der Waals surface area contributed by atoms with Crippen LogP contribution < -0.4 is 20.7 Å². The van der Waals surface area contributed by atoms with Gasteiger partial charge in [-0.1, -0.05) is 11.6 Å². The molecule has 5 aliphatic rings. The highest BCUT2D eigenvalue weighted by Crippen LogP contribution is 2.60. The average Bonchev–Trinajstić information content (AvgIpc) is 3.10. The molecule has 3 saturated carbocycles. The Bertz CT molecular complexity index is 862. The zero-order valence-corrected chi connectivity index (χ0v) is 17.4. The maximum atomic E-state index is 13.4. The Balaban J connectivity index is 1.07. The van der Waals surface area contributed by atoms with Gasteiger partial charge in [0.25, 0.3) is 5.91 Å². The minimum absolute atomic E-state index is 0.0113. The third-order valence-electron chi connectivity index (χ3n) is 6.88. The minimum atomic E-state index is -0.583. The molecule has 0 spiro atoms. The molecular formula is C21H26ClFN4O3. The van der Waals surface area contributed by atoms with Gasteiger partial charge in [0.1, 0.15) is 17.6 Å². The topological polar surface area (TPSA) is 82.7 Å². The summed E-state index contributed by atoms with van der Waals surface area (Å²) < 4.78 is 18.8. The zero-order chi connectivity index (χ0) is 20.9. The molecule has 2 bridgehead atoms. The lowest BCUT2D eigenvalue weighted by atomic mass is 9.44. The summed E-state index contributed by atoms with van der Waals surface area (Å²) in [5, 5.41) is 9.72. The van der Waals surface area contributed by atoms with Gasteiger partial charge in [-0.25, -0.2) is 4.39 Å². The first-order valence-corrected chi connectivity index (χ1v) is 10.9. The summed E-state index contributed by atoms with van der Waals surface area (Å²) in [7, 11) is 0. The number of rotatable bonds is 6. The Hall–Kier alpha value is -1.90. The molecule has 6 rings (SSSR count). The summed E-state index contributed by atoms with van der Waals surface area (Å²) in [6.45, 7) is 1.49. The van der Waals surface area contributed by atoms with Crippen molar-refractivity contribution in [2.45, 2.75) is 61.8 Å². The number of benzene rings is 1. The van der Waals surface area contributed by atoms with Gasteiger partial charge in [-0.3, -0.25) is 19.8 Å². The molecule has 0 aromatic heterocycles. The summed E-state index contributed by atoms with van der Waals surface area (Å²) in [6.07, 6.45) is 6.04. The van der Waals surface area contributed by atoms with Crippen LogP contribution in [0.5, 0.6) is 5.75 Å². The highest BCUT2D eigenvalue weighted by Gasteiger charge is 2.69. The van der Waals surface area contributed by atoms with E-state index in [1.165, 1.54) is 18.6 Å². The fourth-order valence-electron chi connectivity index (χ4n) is 5.60. The van der Waals surface area contributed by atoms with E-state index >= 15 is 0 Å². The minimum Gasteiger partial charge on any atom is -0.484 e. The van der Waals surface area contributed by atoms with Crippen LogP contribution in [0.2, 0.25) is 5.02 Å². The van der Waals surface area contributed by atoms with Crippen LogP contribution in [0.15, 0.2) is 18.2 Å². The molecule has 7 nitrogen and oxygen atoms in total. The number of halogens is 2. The molecule has 162 valence electrons. The van der Waals surface area contributed by atoms with Gasteiger partial charge in [0.05, 0.1) is 11.2 Å². The number of hydrogen-bond donors (Lipinski definition) is 3. The maximum Gasteiger partial charge on any atom is 0.258 e. The standard InChI is InChI=1S/C21H26ClFN4O3/c22-14-5-4-13(7-15(14)23)30-9-18(28)25-20-10-21(11-20,12-20)26-19(29)16-8-24-17-3-1-2-6-27(16)17/h4-5,7,16-17,24H,1-3,6,8-12H2,(H,25,28)(H,26,29). The Morgan fingerprint density at radius 3 is 2.77 bits per heavy atom. The second-order valence-corrected chi connectivity index (χ2v) is 9.57. The fourth-order valence-corrected chi connectivity index (χ4v) is 5.72. The molecule has 2 saturated heterocycles. The predicted molar refractivity (Wildman–Crippen MR) is 109 cm³/mol. The first kappa shape index (κ1) is 20.0. The number of carbonyl (C=O) groups excluding carboxylic acids is 2. The van der Waals surface area contributed by atoms with Crippen molar-refractivity contribution in [3.8, 4) is 5.75 Å². The number of fused-ring (bicyclic) bond motifs is 1. The van der Waals surface area contributed by atoms with Gasteiger partial charge < -0.3 is 15.4 Å². The average molecular weight is 437 g/mol. The third kappa shape index (κ3) is 3.55. The largest absolute Gasteiger partial charge is 0.484 e. The van der Waals surface area contributed by atoms with Crippen LogP contribution in [0.3, 0.4) is 0 Å². The molecule has 2 unspecified atom stereocenters. The van der Waals surface area contributed by atoms with Crippen LogP contribution in [0.4, 0.5) is 4.39 Å². The van der Waals surface area contributed by atoms with Gasteiger partial charge in [0.2, 0.25) is 5.91 Å². The normalized spacial score (nSPS) is 34.3. The monoisotopic (exact) mass is 436 g/mol. The second kappa shape index (κ2) is 7.35. The van der Waals surface area contributed by atoms with E-state index < -0.39 is 5.82 Å². The van der Waals surface area contributed by atoms with Crippen molar-refractivity contribution in [2.75, 3.05) is 19.7 Å². The molecule has 1 aromatic carbocycles. The Morgan fingerprint density at radius 1 is 1.23 bits per heavy atom. The molecule has 2 heterocycles. The Morgan fingerprint density at radius 2 is 2.00 bits per heavy atom. The molecule has 2 aliphatic heterocycles. The van der Waals surface area contributed by atoms with E-state index in [0.717, 1.165) is 44.7 Å². The lowest BCUT2D eigenvalue weighted by Gasteiger charge is -2.70. The first-order valence-electron chi connectivity index (χ1n) is 10.6. The SMILES string of the molecule is O=C(COc1ccc(Cl)c(F)c1)NC12CC(NC(=O)C3CNC4CCCCN43)(C1)C2. The predicted octanol–water partition coefficient (Wildman–Crippen LogP) is 1.55. The highest BCUT2D eigenvalue weighted by molar-refractivity contribution is 6.30. The van der Waals surface area contributed by atoms with Crippen molar-refractivity contribution in [1.82, 2.24) is 20.9 Å². The van der Waals surface area contributed by atoms with E-state index in [-0.39, 0.29) is 46.3 Å². The van der Waals surface area contributed by atoms with E-state index in [1.54, 1.807) is 0 Å². The fraction of sp³-hybridized carbons (Fsp3) is 0.619. The number of carbonyl (C=O) groups is 2. The van der Waals surface area contributed by atoms with Crippen molar-refractivity contribution in [2.24, 2.45) is 0 Å². The van der Waals surface area contributed by atoms with Gasteiger partial charge in [-0.15, -0.1) is 0 Å². The van der Waals surface area contributed by atoms with Crippen molar-refractivity contribution < 1.29 is 18.7 Å². The quantitative estimate of drug-likeness (QED) is 0.630. The van der Waals surface area contributed by atoms with E-state index in [1.807, 2.05) is 0 Å². The summed E-state index contributed by atoms with van der Waals surface area (Å²) in [5.41, 5.74) is -0.432. The van der Waals surface area contributed by atoms with E-state index in [2.05, 4.69) is 20.9 Å².